The van der Waals surface area contributed by atoms with Crippen LogP contribution in [0.4, 0.5) is 5.82 Å². The minimum atomic E-state index is 0.589. The van der Waals surface area contributed by atoms with Crippen LogP contribution in [0.3, 0.4) is 0 Å². The lowest BCUT2D eigenvalue weighted by atomic mass is 10.0. The molecule has 35 heavy (non-hydrogen) atoms. The number of hydrogen-bond donors (Lipinski definition) is 1. The van der Waals surface area contributed by atoms with Gasteiger partial charge in [0.05, 0.1) is 12.6 Å². The molecule has 1 N–H and O–H groups in total. The smallest absolute Gasteiger partial charge is 0.137 e. The largest absolute Gasteiger partial charge is 0.497 e. The van der Waals surface area contributed by atoms with E-state index >= 15 is 0 Å². The Balaban J connectivity index is 1.45. The summed E-state index contributed by atoms with van der Waals surface area (Å²) in [6, 6.07) is 14.6. The molecule has 0 saturated carbocycles. The van der Waals surface area contributed by atoms with Crippen LogP contribution >= 0.6 is 0 Å². The molecule has 0 atom stereocenters. The molecule has 3 aliphatic rings. The maximum Gasteiger partial charge on any atom is 0.137 e. The van der Waals surface area contributed by atoms with Crippen molar-refractivity contribution in [2.24, 2.45) is 5.16 Å². The molecule has 7 nitrogen and oxygen atoms in total. The summed E-state index contributed by atoms with van der Waals surface area (Å²) in [5, 5.41) is 9.34. The highest BCUT2D eigenvalue weighted by molar-refractivity contribution is 6.30. The third-order valence-corrected chi connectivity index (χ3v) is 7.38. The Labute approximate surface area is 206 Å². The molecular weight excluding hydrogens is 438 g/mol. The zero-order valence-electron chi connectivity index (χ0n) is 20.4. The van der Waals surface area contributed by atoms with Crippen LogP contribution in [-0.2, 0) is 4.84 Å². The summed E-state index contributed by atoms with van der Waals surface area (Å²) in [5.74, 6) is 1.85. The molecule has 6 rings (SSSR count). The molecule has 2 aliphatic heterocycles. The fourth-order valence-electron chi connectivity index (χ4n) is 5.56. The van der Waals surface area contributed by atoms with Crippen LogP contribution in [0.25, 0.3) is 22.0 Å². The second-order valence-electron chi connectivity index (χ2n) is 9.53. The van der Waals surface area contributed by atoms with E-state index in [-0.39, 0.29) is 0 Å². The van der Waals surface area contributed by atoms with E-state index < -0.39 is 0 Å². The summed E-state index contributed by atoms with van der Waals surface area (Å²) in [5.41, 5.74) is 6.33. The fourth-order valence-corrected chi connectivity index (χ4v) is 5.56. The van der Waals surface area contributed by atoms with Crippen molar-refractivity contribution >= 4 is 22.4 Å². The van der Waals surface area contributed by atoms with Crippen molar-refractivity contribution in [3.63, 3.8) is 0 Å². The quantitative estimate of drug-likeness (QED) is 0.340. The van der Waals surface area contributed by atoms with Crippen molar-refractivity contribution in [2.75, 3.05) is 64.4 Å². The Bertz CT molecular complexity index is 1250. The molecule has 0 amide bonds. The number of aromatic nitrogens is 1. The summed E-state index contributed by atoms with van der Waals surface area (Å²) in [6.45, 7) is 7.60. The minimum absolute atomic E-state index is 0.589. The summed E-state index contributed by atoms with van der Waals surface area (Å²) < 4.78 is 5.59. The summed E-state index contributed by atoms with van der Waals surface area (Å²) in [7, 11) is 1.71. The summed E-state index contributed by atoms with van der Waals surface area (Å²) >= 11 is 0. The number of oxime groups is 1. The van der Waals surface area contributed by atoms with Crippen molar-refractivity contribution in [1.29, 1.82) is 0 Å². The highest BCUT2D eigenvalue weighted by atomic mass is 16.6. The van der Waals surface area contributed by atoms with Gasteiger partial charge in [-0.25, -0.2) is 4.98 Å². The lowest BCUT2D eigenvalue weighted by Crippen LogP contribution is -2.44. The molecule has 0 radical (unpaired) electrons. The molecule has 0 spiro atoms. The first-order valence-electron chi connectivity index (χ1n) is 12.8. The molecule has 2 fully saturated rings. The standard InChI is InChI=1S/C28H33N5O2/c1-34-20-9-10-21-23(19-20)27(31-35-18-17-32-13-5-2-6-14-32)25-22-7-3-4-8-24(22)30-28(26(21)25)33-15-11-29-12-16-33/h3-4,7-10,19,29H,2,5-6,11-18H2,1H3. The molecule has 7 heteroatoms. The monoisotopic (exact) mass is 471 g/mol. The van der Waals surface area contributed by atoms with Gasteiger partial charge in [0.25, 0.3) is 0 Å². The molecule has 3 aromatic rings. The fraction of sp³-hybridized carbons (Fsp3) is 0.429. The lowest BCUT2D eigenvalue weighted by Gasteiger charge is -2.30. The molecule has 3 heterocycles. The van der Waals surface area contributed by atoms with Gasteiger partial charge in [-0.05, 0) is 55.8 Å². The molecule has 0 bridgehead atoms. The first-order valence-corrected chi connectivity index (χ1v) is 12.8. The first-order chi connectivity index (χ1) is 17.3. The van der Waals surface area contributed by atoms with E-state index in [1.807, 2.05) is 6.07 Å². The van der Waals surface area contributed by atoms with Crippen LogP contribution in [0.2, 0.25) is 0 Å². The van der Waals surface area contributed by atoms with E-state index in [4.69, 9.17) is 19.7 Å². The van der Waals surface area contributed by atoms with E-state index in [1.165, 1.54) is 19.3 Å². The number of nitrogens with zero attached hydrogens (tertiary/aromatic N) is 4. The number of pyridine rings is 1. The Morgan fingerprint density at radius 2 is 1.77 bits per heavy atom. The van der Waals surface area contributed by atoms with Gasteiger partial charge in [-0.2, -0.15) is 0 Å². The maximum atomic E-state index is 6.00. The highest BCUT2D eigenvalue weighted by Gasteiger charge is 2.33. The van der Waals surface area contributed by atoms with Crippen LogP contribution in [0.5, 0.6) is 5.75 Å². The number of nitrogens with one attached hydrogen (secondary N) is 1. The molecule has 1 aromatic heterocycles. The first kappa shape index (κ1) is 22.3. The maximum absolute atomic E-state index is 6.00. The van der Waals surface area contributed by atoms with Crippen molar-refractivity contribution in [3.8, 4) is 16.9 Å². The summed E-state index contributed by atoms with van der Waals surface area (Å²) in [6.07, 6.45) is 3.90. The number of piperazine rings is 1. The highest BCUT2D eigenvalue weighted by Crippen LogP contribution is 2.46. The number of likely N-dealkylation sites (tertiary alicyclic amines) is 1. The number of fused-ring (bicyclic) bond motifs is 5. The Morgan fingerprint density at radius 3 is 2.60 bits per heavy atom. The van der Waals surface area contributed by atoms with E-state index in [9.17, 15) is 0 Å². The average molecular weight is 472 g/mol. The number of anilines is 1. The Hall–Kier alpha value is -3.16. The zero-order chi connectivity index (χ0) is 23.6. The minimum Gasteiger partial charge on any atom is -0.497 e. The van der Waals surface area contributed by atoms with Crippen LogP contribution in [0.1, 0.15) is 30.4 Å². The van der Waals surface area contributed by atoms with Crippen LogP contribution in [0.15, 0.2) is 47.6 Å². The van der Waals surface area contributed by atoms with Gasteiger partial charge < -0.3 is 19.8 Å². The van der Waals surface area contributed by atoms with Gasteiger partial charge in [0.2, 0.25) is 0 Å². The van der Waals surface area contributed by atoms with Crippen molar-refractivity contribution in [1.82, 2.24) is 15.2 Å². The van der Waals surface area contributed by atoms with Gasteiger partial charge in [-0.15, -0.1) is 0 Å². The predicted molar refractivity (Wildman–Crippen MR) is 141 cm³/mol. The van der Waals surface area contributed by atoms with Crippen molar-refractivity contribution in [2.45, 2.75) is 19.3 Å². The predicted octanol–water partition coefficient (Wildman–Crippen LogP) is 3.89. The average Bonchev–Trinajstić information content (AvgIpc) is 3.25. The van der Waals surface area contributed by atoms with Gasteiger partial charge in [-0.1, -0.05) is 29.8 Å². The van der Waals surface area contributed by atoms with E-state index in [0.29, 0.717) is 6.61 Å². The molecular formula is C28H33N5O2. The normalized spacial score (nSPS) is 19.1. The number of rotatable bonds is 6. The molecule has 182 valence electrons. The molecule has 1 aliphatic carbocycles. The molecule has 2 saturated heterocycles. The Morgan fingerprint density at radius 1 is 0.943 bits per heavy atom. The van der Waals surface area contributed by atoms with Gasteiger partial charge in [-0.3, -0.25) is 4.90 Å². The van der Waals surface area contributed by atoms with E-state index in [2.05, 4.69) is 51.5 Å². The zero-order valence-corrected chi connectivity index (χ0v) is 20.4. The second-order valence-corrected chi connectivity index (χ2v) is 9.53. The van der Waals surface area contributed by atoms with Crippen molar-refractivity contribution in [3.05, 3.63) is 53.6 Å². The van der Waals surface area contributed by atoms with Gasteiger partial charge >= 0.3 is 0 Å². The number of piperidine rings is 1. The van der Waals surface area contributed by atoms with Crippen molar-refractivity contribution < 1.29 is 9.57 Å². The van der Waals surface area contributed by atoms with Crippen LogP contribution in [-0.4, -0.2) is 75.1 Å². The Kier molecular flexibility index (Phi) is 6.27. The number of para-hydroxylation sites is 1. The molecule has 2 aromatic carbocycles. The second kappa shape index (κ2) is 9.84. The third kappa shape index (κ3) is 4.23. The van der Waals surface area contributed by atoms with E-state index in [0.717, 1.165) is 96.2 Å². The lowest BCUT2D eigenvalue weighted by molar-refractivity contribution is 0.103. The van der Waals surface area contributed by atoms with Gasteiger partial charge in [0, 0.05) is 54.8 Å². The molecule has 0 unspecified atom stereocenters. The van der Waals surface area contributed by atoms with Gasteiger partial charge in [0.1, 0.15) is 23.9 Å². The van der Waals surface area contributed by atoms with Gasteiger partial charge in [0.15, 0.2) is 0 Å². The number of ether oxygens (including phenoxy) is 1. The van der Waals surface area contributed by atoms with E-state index in [1.54, 1.807) is 7.11 Å². The number of benzene rings is 2. The van der Waals surface area contributed by atoms with Crippen LogP contribution < -0.4 is 15.0 Å². The number of hydrogen-bond acceptors (Lipinski definition) is 7. The van der Waals surface area contributed by atoms with Crippen LogP contribution in [0, 0.1) is 0 Å². The topological polar surface area (TPSA) is 62.2 Å². The third-order valence-electron chi connectivity index (χ3n) is 7.38. The summed E-state index contributed by atoms with van der Waals surface area (Å²) in [4.78, 5) is 16.0. The number of methoxy groups -OCH3 is 1. The SMILES string of the molecule is COc1ccc2c(c1)C(=NOCCN1CCCCC1)c1c-2c(N2CCNCC2)nc2ccccc12.